The molecule has 1 aromatic rings. The van der Waals surface area contributed by atoms with E-state index in [1.807, 2.05) is 0 Å². The number of nitrogens with one attached hydrogen (secondary N) is 1. The van der Waals surface area contributed by atoms with Crippen LogP contribution in [-0.2, 0) is 4.52 Å². The summed E-state index contributed by atoms with van der Waals surface area (Å²) in [4.78, 5) is 24.9. The van der Waals surface area contributed by atoms with Crippen molar-refractivity contribution in [2.75, 3.05) is 25.0 Å². The third kappa shape index (κ3) is 4.70. The Balaban J connectivity index is 1.68. The van der Waals surface area contributed by atoms with Gasteiger partial charge >= 0.3 is 8.09 Å². The van der Waals surface area contributed by atoms with Crippen molar-refractivity contribution in [1.29, 1.82) is 0 Å². The summed E-state index contributed by atoms with van der Waals surface area (Å²) in [6.07, 6.45) is 7.35. The molecule has 1 aliphatic carbocycles. The molecule has 7 heteroatoms. The summed E-state index contributed by atoms with van der Waals surface area (Å²) < 4.78 is 6.63. The van der Waals surface area contributed by atoms with E-state index in [0.29, 0.717) is 25.0 Å². The van der Waals surface area contributed by atoms with Gasteiger partial charge < -0.3 is 5.32 Å². The average molecular weight is 366 g/mol. The second kappa shape index (κ2) is 8.45. The van der Waals surface area contributed by atoms with Crippen molar-refractivity contribution in [3.05, 3.63) is 29.8 Å². The topological polar surface area (TPSA) is 77.3 Å². The largest absolute Gasteiger partial charge is 0.528 e. The first-order valence-electron chi connectivity index (χ1n) is 9.28. The zero-order valence-electron chi connectivity index (χ0n) is 14.9. The fourth-order valence-corrected chi connectivity index (χ4v) is 4.84. The smallest absolute Gasteiger partial charge is 0.323 e. The van der Waals surface area contributed by atoms with Crippen molar-refractivity contribution < 1.29 is 14.3 Å². The fourth-order valence-electron chi connectivity index (χ4n) is 3.60. The van der Waals surface area contributed by atoms with Gasteiger partial charge in [0.1, 0.15) is 0 Å². The van der Waals surface area contributed by atoms with Crippen LogP contribution in [0.25, 0.3) is 0 Å². The highest BCUT2D eigenvalue weighted by Gasteiger charge is 2.48. The Morgan fingerprint density at radius 2 is 1.88 bits per heavy atom. The van der Waals surface area contributed by atoms with E-state index in [1.165, 1.54) is 42.3 Å². The molecule has 1 saturated carbocycles. The lowest BCUT2D eigenvalue weighted by Crippen LogP contribution is -2.40. The predicted molar refractivity (Wildman–Crippen MR) is 102 cm³/mol. The molecule has 1 fully saturated rings. The number of guanidine groups is 1. The molecule has 0 radical (unpaired) electrons. The molecule has 0 aromatic heterocycles. The second-order valence-corrected chi connectivity index (χ2v) is 8.46. The lowest BCUT2D eigenvalue weighted by atomic mass is 9.84. The van der Waals surface area contributed by atoms with Crippen LogP contribution >= 0.6 is 8.09 Å². The molecule has 0 unspecified atom stereocenters. The van der Waals surface area contributed by atoms with Crippen molar-refractivity contribution in [2.24, 2.45) is 4.99 Å². The van der Waals surface area contributed by atoms with E-state index in [2.05, 4.69) is 34.6 Å². The Bertz CT molecular complexity index is 586. The van der Waals surface area contributed by atoms with Gasteiger partial charge in [-0.1, -0.05) is 31.4 Å². The number of rotatable bonds is 5. The third-order valence-electron chi connectivity index (χ3n) is 4.89. The first-order valence-corrected chi connectivity index (χ1v) is 10.8. The van der Waals surface area contributed by atoms with Crippen molar-refractivity contribution in [1.82, 2.24) is 4.67 Å². The number of anilines is 1. The molecule has 3 rings (SSSR count). The molecule has 0 atom stereocenters. The molecule has 2 aliphatic rings. The monoisotopic (exact) mass is 366 g/mol. The number of aliphatic imine (C=N–C) groups is 1. The van der Waals surface area contributed by atoms with Crippen LogP contribution in [0.15, 0.2) is 29.3 Å². The molecular weight excluding hydrogens is 337 g/mol. The van der Waals surface area contributed by atoms with Gasteiger partial charge in [0.05, 0.1) is 13.2 Å². The van der Waals surface area contributed by atoms with Gasteiger partial charge in [-0.25, -0.2) is 4.99 Å². The molecule has 0 spiro atoms. The van der Waals surface area contributed by atoms with E-state index in [0.717, 1.165) is 12.1 Å². The Kier molecular flexibility index (Phi) is 6.29. The molecular formula is C18H29N3O3P+. The quantitative estimate of drug-likeness (QED) is 0.689. The minimum atomic E-state index is -3.60. The predicted octanol–water partition coefficient (Wildman–Crippen LogP) is 3.91. The lowest BCUT2D eigenvalue weighted by molar-refractivity contribution is 0.199. The van der Waals surface area contributed by atoms with E-state index in [-0.39, 0.29) is 6.61 Å². The first kappa shape index (κ1) is 18.6. The number of nitrogens with zero attached hydrogens (tertiary/aromatic N) is 2. The van der Waals surface area contributed by atoms with Crippen molar-refractivity contribution >= 4 is 19.7 Å². The van der Waals surface area contributed by atoms with Gasteiger partial charge in [-0.15, -0.1) is 4.67 Å². The van der Waals surface area contributed by atoms with Crippen LogP contribution in [0.2, 0.25) is 0 Å². The van der Waals surface area contributed by atoms with Crippen LogP contribution in [0.4, 0.5) is 5.69 Å². The lowest BCUT2D eigenvalue weighted by Gasteiger charge is -2.29. The number of benzene rings is 1. The van der Waals surface area contributed by atoms with E-state index in [1.54, 1.807) is 6.92 Å². The maximum absolute atomic E-state index is 10.3. The normalized spacial score (nSPS) is 19.6. The Morgan fingerprint density at radius 1 is 1.16 bits per heavy atom. The zero-order chi connectivity index (χ0) is 17.7. The van der Waals surface area contributed by atoms with E-state index >= 15 is 0 Å². The van der Waals surface area contributed by atoms with Gasteiger partial charge in [-0.05, 0) is 49.8 Å². The van der Waals surface area contributed by atoms with Crippen LogP contribution in [0.3, 0.4) is 0 Å². The summed E-state index contributed by atoms with van der Waals surface area (Å²) in [7, 11) is -3.60. The number of hydrogen-bond donors (Lipinski definition) is 3. The third-order valence-corrected chi connectivity index (χ3v) is 6.52. The van der Waals surface area contributed by atoms with Crippen LogP contribution < -0.4 is 5.32 Å². The Hall–Kier alpha value is -1.20. The molecule has 1 aliphatic heterocycles. The standard InChI is InChI=1S/C18H29N3O3P/c1-2-24-25(22,23)21-14-6-13-19-18(21)20-17-11-9-16(10-12-17)15-7-4-3-5-8-15/h9-12,15,22-23H,2-8,13-14H2,1H3,(H,19,20)/q+1. The molecule has 1 aromatic carbocycles. The maximum Gasteiger partial charge on any atom is 0.528 e. The number of hydrogen-bond acceptors (Lipinski definition) is 6. The highest BCUT2D eigenvalue weighted by molar-refractivity contribution is 7.57. The van der Waals surface area contributed by atoms with Gasteiger partial charge in [0, 0.05) is 12.2 Å². The van der Waals surface area contributed by atoms with E-state index in [9.17, 15) is 9.79 Å². The van der Waals surface area contributed by atoms with Crippen LogP contribution in [-0.4, -0.2) is 40.1 Å². The van der Waals surface area contributed by atoms with Crippen molar-refractivity contribution in [2.45, 2.75) is 51.4 Å². The zero-order valence-corrected chi connectivity index (χ0v) is 15.8. The molecule has 0 bridgehead atoms. The average Bonchev–Trinajstić information content (AvgIpc) is 2.63. The summed E-state index contributed by atoms with van der Waals surface area (Å²) >= 11 is 0. The SMILES string of the molecule is CCO[P+](O)(O)N1CCCN=C1Nc1ccc(C2CCCCC2)cc1. The van der Waals surface area contributed by atoms with Crippen LogP contribution in [0.5, 0.6) is 0 Å². The van der Waals surface area contributed by atoms with Gasteiger partial charge in [-0.3, -0.25) is 0 Å². The van der Waals surface area contributed by atoms with Crippen LogP contribution in [0.1, 0.15) is 56.9 Å². The maximum atomic E-state index is 10.3. The summed E-state index contributed by atoms with van der Waals surface area (Å²) in [5.74, 6) is 1.15. The minimum Gasteiger partial charge on any atom is -0.323 e. The van der Waals surface area contributed by atoms with Gasteiger partial charge in [0.25, 0.3) is 0 Å². The van der Waals surface area contributed by atoms with Crippen LogP contribution in [0, 0.1) is 0 Å². The summed E-state index contributed by atoms with van der Waals surface area (Å²) in [5.41, 5.74) is 2.30. The summed E-state index contributed by atoms with van der Waals surface area (Å²) in [6.45, 7) is 3.19. The minimum absolute atomic E-state index is 0.251. The van der Waals surface area contributed by atoms with Crippen molar-refractivity contribution in [3.63, 3.8) is 0 Å². The highest BCUT2D eigenvalue weighted by atomic mass is 31.2. The molecule has 1 heterocycles. The molecule has 6 nitrogen and oxygen atoms in total. The highest BCUT2D eigenvalue weighted by Crippen LogP contribution is 2.55. The van der Waals surface area contributed by atoms with E-state index < -0.39 is 8.09 Å². The molecule has 138 valence electrons. The summed E-state index contributed by atoms with van der Waals surface area (Å²) in [6, 6.07) is 8.45. The first-order chi connectivity index (χ1) is 12.1. The summed E-state index contributed by atoms with van der Waals surface area (Å²) in [5, 5.41) is 3.23. The van der Waals surface area contributed by atoms with Gasteiger partial charge in [0.2, 0.25) is 5.96 Å². The molecule has 3 N–H and O–H groups in total. The second-order valence-electron chi connectivity index (χ2n) is 6.70. The van der Waals surface area contributed by atoms with Crippen molar-refractivity contribution in [3.8, 4) is 0 Å². The Morgan fingerprint density at radius 3 is 2.56 bits per heavy atom. The molecule has 25 heavy (non-hydrogen) atoms. The van der Waals surface area contributed by atoms with E-state index in [4.69, 9.17) is 4.52 Å². The fraction of sp³-hybridized carbons (Fsp3) is 0.611. The van der Waals surface area contributed by atoms with Gasteiger partial charge in [0.15, 0.2) is 0 Å². The molecule has 0 saturated heterocycles. The molecule has 0 amide bonds. The Labute approximate surface area is 150 Å². The van der Waals surface area contributed by atoms with Gasteiger partial charge in [-0.2, -0.15) is 14.3 Å².